The molecule has 1 amide bonds. The summed E-state index contributed by atoms with van der Waals surface area (Å²) in [6, 6.07) is 4.06. The van der Waals surface area contributed by atoms with E-state index in [1.165, 1.54) is 0 Å². The maximum absolute atomic E-state index is 11.1. The molecule has 1 aromatic rings. The molecule has 0 aliphatic carbocycles. The molecule has 0 fully saturated rings. The van der Waals surface area contributed by atoms with Gasteiger partial charge in [-0.3, -0.25) is 20.1 Å². The molecule has 3 N–H and O–H groups in total. The maximum atomic E-state index is 11.1. The maximum Gasteiger partial charge on any atom is 0.235 e. The molecule has 16 heavy (non-hydrogen) atoms. The van der Waals surface area contributed by atoms with Crippen LogP contribution in [0.5, 0.6) is 0 Å². The zero-order valence-electron chi connectivity index (χ0n) is 9.68. The molecule has 88 valence electrons. The first-order valence-corrected chi connectivity index (χ1v) is 5.22. The first-order valence-electron chi connectivity index (χ1n) is 5.22. The Labute approximate surface area is 95.6 Å². The van der Waals surface area contributed by atoms with Gasteiger partial charge in [-0.1, -0.05) is 6.07 Å². The zero-order valence-corrected chi connectivity index (χ0v) is 9.68. The quantitative estimate of drug-likeness (QED) is 0.426. The normalized spacial score (nSPS) is 12.5. The van der Waals surface area contributed by atoms with Crippen LogP contribution in [0.3, 0.4) is 0 Å². The number of aromatic nitrogens is 1. The molecule has 0 radical (unpaired) electrons. The van der Waals surface area contributed by atoms with E-state index in [9.17, 15) is 4.79 Å². The van der Waals surface area contributed by atoms with Crippen LogP contribution in [0.2, 0.25) is 0 Å². The summed E-state index contributed by atoms with van der Waals surface area (Å²) in [6.45, 7) is 2.76. The average molecular weight is 222 g/mol. The van der Waals surface area contributed by atoms with Crippen molar-refractivity contribution in [1.82, 2.24) is 15.3 Å². The monoisotopic (exact) mass is 222 g/mol. The van der Waals surface area contributed by atoms with E-state index < -0.39 is 0 Å². The van der Waals surface area contributed by atoms with Crippen molar-refractivity contribution in [2.75, 3.05) is 7.05 Å². The molecule has 1 heterocycles. The Morgan fingerprint density at radius 2 is 2.44 bits per heavy atom. The summed E-state index contributed by atoms with van der Waals surface area (Å²) in [7, 11) is 1.97. The number of nitrogens with two attached hydrogens (primary N) is 1. The second-order valence-electron chi connectivity index (χ2n) is 3.90. The minimum Gasteiger partial charge on any atom is -0.299 e. The predicted molar refractivity (Wildman–Crippen MR) is 62.1 cm³/mol. The molecule has 5 heteroatoms. The Hall–Kier alpha value is -1.46. The number of amides is 1. The molecule has 0 aliphatic rings. The third kappa shape index (κ3) is 3.96. The smallest absolute Gasteiger partial charge is 0.235 e. The summed E-state index contributed by atoms with van der Waals surface area (Å²) < 4.78 is 0. The summed E-state index contributed by atoms with van der Waals surface area (Å²) in [5.74, 6) is 4.90. The second kappa shape index (κ2) is 6.19. The fourth-order valence-electron chi connectivity index (χ4n) is 1.42. The lowest BCUT2D eigenvalue weighted by atomic mass is 10.2. The number of rotatable bonds is 5. The molecular formula is C11H18N4O. The summed E-state index contributed by atoms with van der Waals surface area (Å²) >= 11 is 0. The second-order valence-corrected chi connectivity index (χ2v) is 3.90. The van der Waals surface area contributed by atoms with Crippen LogP contribution in [-0.4, -0.2) is 28.9 Å². The number of nitrogens with zero attached hydrogens (tertiary/aromatic N) is 2. The van der Waals surface area contributed by atoms with E-state index in [1.54, 1.807) is 6.20 Å². The van der Waals surface area contributed by atoms with Crippen molar-refractivity contribution >= 4 is 5.91 Å². The van der Waals surface area contributed by atoms with E-state index in [0.717, 1.165) is 12.1 Å². The largest absolute Gasteiger partial charge is 0.299 e. The van der Waals surface area contributed by atoms with Crippen LogP contribution in [0.25, 0.3) is 0 Å². The lowest BCUT2D eigenvalue weighted by Gasteiger charge is -2.23. The fraction of sp³-hybridized carbons (Fsp3) is 0.455. The highest BCUT2D eigenvalue weighted by Gasteiger charge is 2.13. The Balaban J connectivity index is 2.46. The van der Waals surface area contributed by atoms with Crippen molar-refractivity contribution in [3.8, 4) is 0 Å². The van der Waals surface area contributed by atoms with Gasteiger partial charge in [-0.05, 0) is 25.6 Å². The predicted octanol–water partition coefficient (Wildman–Crippen LogP) is 0.282. The number of hydrazine groups is 1. The number of hydrogen-bond acceptors (Lipinski definition) is 4. The van der Waals surface area contributed by atoms with Crippen LogP contribution in [-0.2, 0) is 11.3 Å². The van der Waals surface area contributed by atoms with E-state index in [0.29, 0.717) is 6.42 Å². The van der Waals surface area contributed by atoms with E-state index in [1.807, 2.05) is 32.3 Å². The van der Waals surface area contributed by atoms with Gasteiger partial charge in [-0.2, -0.15) is 0 Å². The number of pyridine rings is 1. The summed E-state index contributed by atoms with van der Waals surface area (Å²) in [6.07, 6.45) is 3.97. The number of carbonyl (C=O) groups is 1. The SMILES string of the molecule is CC(CC(=O)NN)N(C)Cc1cccnc1. The van der Waals surface area contributed by atoms with Gasteiger partial charge in [0, 0.05) is 31.4 Å². The lowest BCUT2D eigenvalue weighted by molar-refractivity contribution is -0.122. The van der Waals surface area contributed by atoms with Gasteiger partial charge in [0.05, 0.1) is 0 Å². The minimum atomic E-state index is -0.148. The highest BCUT2D eigenvalue weighted by molar-refractivity contribution is 5.75. The molecule has 0 spiro atoms. The van der Waals surface area contributed by atoms with Crippen molar-refractivity contribution < 1.29 is 4.79 Å². The molecule has 1 atom stereocenters. The number of hydrogen-bond donors (Lipinski definition) is 2. The van der Waals surface area contributed by atoms with Crippen LogP contribution < -0.4 is 11.3 Å². The fourth-order valence-corrected chi connectivity index (χ4v) is 1.42. The Morgan fingerprint density at radius 3 is 3.00 bits per heavy atom. The van der Waals surface area contributed by atoms with Gasteiger partial charge in [-0.25, -0.2) is 5.84 Å². The molecular weight excluding hydrogens is 204 g/mol. The van der Waals surface area contributed by atoms with Crippen LogP contribution in [0.4, 0.5) is 0 Å². The Morgan fingerprint density at radius 1 is 1.69 bits per heavy atom. The van der Waals surface area contributed by atoms with Crippen molar-refractivity contribution in [1.29, 1.82) is 0 Å². The van der Waals surface area contributed by atoms with E-state index in [4.69, 9.17) is 5.84 Å². The van der Waals surface area contributed by atoms with Gasteiger partial charge >= 0.3 is 0 Å². The summed E-state index contributed by atoms with van der Waals surface area (Å²) in [4.78, 5) is 17.2. The van der Waals surface area contributed by atoms with Gasteiger partial charge in [0.15, 0.2) is 0 Å². The third-order valence-electron chi connectivity index (χ3n) is 2.55. The molecule has 0 saturated heterocycles. The lowest BCUT2D eigenvalue weighted by Crippen LogP contribution is -2.37. The van der Waals surface area contributed by atoms with E-state index in [-0.39, 0.29) is 11.9 Å². The molecule has 1 rings (SSSR count). The highest BCUT2D eigenvalue weighted by Crippen LogP contribution is 2.07. The topological polar surface area (TPSA) is 71.2 Å². The summed E-state index contributed by atoms with van der Waals surface area (Å²) in [5, 5.41) is 0. The zero-order chi connectivity index (χ0) is 12.0. The third-order valence-corrected chi connectivity index (χ3v) is 2.55. The van der Waals surface area contributed by atoms with Gasteiger partial charge in [-0.15, -0.1) is 0 Å². The average Bonchev–Trinajstić information content (AvgIpc) is 2.30. The molecule has 0 saturated carbocycles. The molecule has 5 nitrogen and oxygen atoms in total. The van der Waals surface area contributed by atoms with Crippen LogP contribution in [0.1, 0.15) is 18.9 Å². The highest BCUT2D eigenvalue weighted by atomic mass is 16.2. The molecule has 0 bridgehead atoms. The standard InChI is InChI=1S/C11H18N4O/c1-9(6-11(16)14-12)15(2)8-10-4-3-5-13-7-10/h3-5,7,9H,6,8,12H2,1-2H3,(H,14,16). The molecule has 0 aromatic carbocycles. The Bertz CT molecular complexity index is 328. The van der Waals surface area contributed by atoms with Crippen molar-refractivity contribution in [2.24, 2.45) is 5.84 Å². The first-order chi connectivity index (χ1) is 7.63. The van der Waals surface area contributed by atoms with Gasteiger partial charge < -0.3 is 0 Å². The first kappa shape index (κ1) is 12.6. The van der Waals surface area contributed by atoms with Gasteiger partial charge in [0.25, 0.3) is 0 Å². The number of carbonyl (C=O) groups excluding carboxylic acids is 1. The minimum absolute atomic E-state index is 0.142. The van der Waals surface area contributed by atoms with Gasteiger partial charge in [0.2, 0.25) is 5.91 Å². The van der Waals surface area contributed by atoms with E-state index in [2.05, 4.69) is 15.3 Å². The number of nitrogens with one attached hydrogen (secondary N) is 1. The molecule has 0 aliphatic heterocycles. The van der Waals surface area contributed by atoms with Crippen molar-refractivity contribution in [3.63, 3.8) is 0 Å². The molecule has 1 unspecified atom stereocenters. The van der Waals surface area contributed by atoms with Gasteiger partial charge in [0.1, 0.15) is 0 Å². The van der Waals surface area contributed by atoms with Crippen LogP contribution in [0.15, 0.2) is 24.5 Å². The van der Waals surface area contributed by atoms with Crippen LogP contribution >= 0.6 is 0 Å². The Kier molecular flexibility index (Phi) is 4.88. The van der Waals surface area contributed by atoms with Crippen LogP contribution in [0, 0.1) is 0 Å². The van der Waals surface area contributed by atoms with Crippen molar-refractivity contribution in [3.05, 3.63) is 30.1 Å². The van der Waals surface area contributed by atoms with Crippen molar-refractivity contribution in [2.45, 2.75) is 25.9 Å². The molecule has 1 aromatic heterocycles. The summed E-state index contributed by atoms with van der Waals surface area (Å²) in [5.41, 5.74) is 3.27. The van der Waals surface area contributed by atoms with E-state index >= 15 is 0 Å².